The van der Waals surface area contributed by atoms with Crippen LogP contribution in [0.2, 0.25) is 0 Å². The second-order valence-electron chi connectivity index (χ2n) is 3.29. The highest BCUT2D eigenvalue weighted by molar-refractivity contribution is 7.13. The highest BCUT2D eigenvalue weighted by Gasteiger charge is 2.14. The molecule has 0 atom stereocenters. The van der Waals surface area contributed by atoms with Crippen LogP contribution in [0.3, 0.4) is 0 Å². The number of carboxylic acid groups (broad SMARTS) is 1. The monoisotopic (exact) mass is 249 g/mol. The smallest absolute Gasteiger partial charge is 0.356 e. The summed E-state index contributed by atoms with van der Waals surface area (Å²) >= 11 is 1.32. The van der Waals surface area contributed by atoms with Gasteiger partial charge in [0.15, 0.2) is 5.69 Å². The average molecular weight is 249 g/mol. The Hall–Kier alpha value is -1.88. The maximum atomic E-state index is 10.9. The van der Waals surface area contributed by atoms with Crippen molar-refractivity contribution in [3.05, 3.63) is 35.5 Å². The average Bonchev–Trinajstić information content (AvgIpc) is 2.79. The SMILES string of the molecule is CCOc1ccc(-c2scnc2C(=O)O)cc1. The van der Waals surface area contributed by atoms with Crippen LogP contribution >= 0.6 is 11.3 Å². The van der Waals surface area contributed by atoms with Gasteiger partial charge in [0.1, 0.15) is 5.75 Å². The molecule has 0 unspecified atom stereocenters. The van der Waals surface area contributed by atoms with Crippen molar-refractivity contribution < 1.29 is 14.6 Å². The van der Waals surface area contributed by atoms with E-state index in [0.29, 0.717) is 11.5 Å². The molecule has 1 aromatic heterocycles. The van der Waals surface area contributed by atoms with Crippen molar-refractivity contribution in [1.82, 2.24) is 4.98 Å². The van der Waals surface area contributed by atoms with Crippen LogP contribution in [-0.2, 0) is 0 Å². The van der Waals surface area contributed by atoms with E-state index in [-0.39, 0.29) is 5.69 Å². The number of carboxylic acids is 1. The van der Waals surface area contributed by atoms with E-state index < -0.39 is 5.97 Å². The lowest BCUT2D eigenvalue weighted by molar-refractivity contribution is 0.0692. The molecule has 2 aromatic rings. The molecule has 0 amide bonds. The zero-order valence-corrected chi connectivity index (χ0v) is 10.0. The first kappa shape index (κ1) is 11.6. The van der Waals surface area contributed by atoms with Gasteiger partial charge in [-0.3, -0.25) is 0 Å². The van der Waals surface area contributed by atoms with E-state index >= 15 is 0 Å². The Labute approximate surface area is 103 Å². The third kappa shape index (κ3) is 2.45. The number of hydrogen-bond acceptors (Lipinski definition) is 4. The fourth-order valence-electron chi connectivity index (χ4n) is 1.47. The molecule has 2 rings (SSSR count). The quantitative estimate of drug-likeness (QED) is 0.905. The van der Waals surface area contributed by atoms with Crippen molar-refractivity contribution >= 4 is 17.3 Å². The first-order chi connectivity index (χ1) is 8.22. The van der Waals surface area contributed by atoms with Gasteiger partial charge in [-0.15, -0.1) is 11.3 Å². The molecule has 0 saturated carbocycles. The number of aromatic nitrogens is 1. The van der Waals surface area contributed by atoms with Gasteiger partial charge in [-0.2, -0.15) is 0 Å². The van der Waals surface area contributed by atoms with E-state index in [9.17, 15) is 4.79 Å². The minimum atomic E-state index is -1.00. The van der Waals surface area contributed by atoms with Gasteiger partial charge in [0, 0.05) is 0 Å². The summed E-state index contributed by atoms with van der Waals surface area (Å²) in [6, 6.07) is 7.32. The summed E-state index contributed by atoms with van der Waals surface area (Å²) in [6.07, 6.45) is 0. The molecule has 1 aromatic carbocycles. The molecule has 1 N–H and O–H groups in total. The number of hydrogen-bond donors (Lipinski definition) is 1. The Morgan fingerprint density at radius 3 is 2.71 bits per heavy atom. The van der Waals surface area contributed by atoms with Gasteiger partial charge in [-0.05, 0) is 36.8 Å². The van der Waals surface area contributed by atoms with Crippen molar-refractivity contribution in [2.45, 2.75) is 6.92 Å². The van der Waals surface area contributed by atoms with Crippen LogP contribution in [0.15, 0.2) is 29.8 Å². The summed E-state index contributed by atoms with van der Waals surface area (Å²) in [5, 5.41) is 8.97. The van der Waals surface area contributed by atoms with E-state index in [4.69, 9.17) is 9.84 Å². The minimum Gasteiger partial charge on any atom is -0.494 e. The number of carbonyl (C=O) groups is 1. The maximum Gasteiger partial charge on any atom is 0.356 e. The summed E-state index contributed by atoms with van der Waals surface area (Å²) in [4.78, 5) is 15.5. The van der Waals surface area contributed by atoms with Crippen LogP contribution in [0.4, 0.5) is 0 Å². The maximum absolute atomic E-state index is 10.9. The highest BCUT2D eigenvalue weighted by atomic mass is 32.1. The molecule has 0 spiro atoms. The minimum absolute atomic E-state index is 0.0964. The summed E-state index contributed by atoms with van der Waals surface area (Å²) in [5.41, 5.74) is 2.47. The van der Waals surface area contributed by atoms with Gasteiger partial charge in [-0.25, -0.2) is 9.78 Å². The molecule has 0 aliphatic carbocycles. The second kappa shape index (κ2) is 4.97. The van der Waals surface area contributed by atoms with Gasteiger partial charge < -0.3 is 9.84 Å². The van der Waals surface area contributed by atoms with Crippen LogP contribution in [0.5, 0.6) is 5.75 Å². The molecule has 0 fully saturated rings. The zero-order valence-electron chi connectivity index (χ0n) is 9.21. The zero-order chi connectivity index (χ0) is 12.3. The molecule has 4 nitrogen and oxygen atoms in total. The third-order valence-corrected chi connectivity index (χ3v) is 3.07. The topological polar surface area (TPSA) is 59.4 Å². The van der Waals surface area contributed by atoms with Gasteiger partial charge in [-0.1, -0.05) is 0 Å². The van der Waals surface area contributed by atoms with E-state index in [1.807, 2.05) is 31.2 Å². The first-order valence-corrected chi connectivity index (χ1v) is 6.00. The molecule has 88 valence electrons. The Morgan fingerprint density at radius 1 is 1.41 bits per heavy atom. The molecule has 0 bridgehead atoms. The van der Waals surface area contributed by atoms with Crippen molar-refractivity contribution in [3.8, 4) is 16.2 Å². The van der Waals surface area contributed by atoms with Crippen LogP contribution < -0.4 is 4.74 Å². The molecule has 1 heterocycles. The number of benzene rings is 1. The number of nitrogens with zero attached hydrogens (tertiary/aromatic N) is 1. The standard InChI is InChI=1S/C12H11NO3S/c1-2-16-9-5-3-8(4-6-9)11-10(12(14)15)13-7-17-11/h3-7H,2H2,1H3,(H,14,15). The first-order valence-electron chi connectivity index (χ1n) is 5.12. The van der Waals surface area contributed by atoms with Crippen molar-refractivity contribution in [2.24, 2.45) is 0 Å². The van der Waals surface area contributed by atoms with Gasteiger partial charge in [0.25, 0.3) is 0 Å². The lowest BCUT2D eigenvalue weighted by Gasteiger charge is -2.04. The highest BCUT2D eigenvalue weighted by Crippen LogP contribution is 2.29. The van der Waals surface area contributed by atoms with Gasteiger partial charge >= 0.3 is 5.97 Å². The molecule has 17 heavy (non-hydrogen) atoms. The van der Waals surface area contributed by atoms with E-state index in [2.05, 4.69) is 4.98 Å². The van der Waals surface area contributed by atoms with Gasteiger partial charge in [0.05, 0.1) is 17.0 Å². The molecular weight excluding hydrogens is 238 g/mol. The summed E-state index contributed by atoms with van der Waals surface area (Å²) in [6.45, 7) is 2.53. The van der Waals surface area contributed by atoms with Crippen molar-refractivity contribution in [3.63, 3.8) is 0 Å². The predicted octanol–water partition coefficient (Wildman–Crippen LogP) is 2.91. The Morgan fingerprint density at radius 2 is 2.12 bits per heavy atom. The third-order valence-electron chi connectivity index (χ3n) is 2.20. The van der Waals surface area contributed by atoms with Crippen LogP contribution in [0.25, 0.3) is 10.4 Å². The molecule has 0 saturated heterocycles. The molecule has 0 aliphatic rings. The van der Waals surface area contributed by atoms with Crippen molar-refractivity contribution in [1.29, 1.82) is 0 Å². The van der Waals surface area contributed by atoms with Crippen LogP contribution in [-0.4, -0.2) is 22.7 Å². The van der Waals surface area contributed by atoms with Gasteiger partial charge in [0.2, 0.25) is 0 Å². The Bertz CT molecular complexity index is 519. The van der Waals surface area contributed by atoms with E-state index in [1.165, 1.54) is 16.8 Å². The molecular formula is C12H11NO3S. The fraction of sp³-hybridized carbons (Fsp3) is 0.167. The Kier molecular flexibility index (Phi) is 3.39. The lowest BCUT2D eigenvalue weighted by atomic mass is 10.1. The summed E-state index contributed by atoms with van der Waals surface area (Å²) in [5.74, 6) is -0.229. The number of ether oxygens (including phenoxy) is 1. The number of aromatic carboxylic acids is 1. The summed E-state index contributed by atoms with van der Waals surface area (Å²) < 4.78 is 5.33. The largest absolute Gasteiger partial charge is 0.494 e. The molecule has 0 radical (unpaired) electrons. The molecule has 0 aliphatic heterocycles. The summed E-state index contributed by atoms with van der Waals surface area (Å²) in [7, 11) is 0. The number of thiazole rings is 1. The Balaban J connectivity index is 2.33. The van der Waals surface area contributed by atoms with E-state index in [1.54, 1.807) is 0 Å². The normalized spacial score (nSPS) is 10.2. The second-order valence-corrected chi connectivity index (χ2v) is 4.15. The predicted molar refractivity (Wildman–Crippen MR) is 65.7 cm³/mol. The van der Waals surface area contributed by atoms with Crippen LogP contribution in [0.1, 0.15) is 17.4 Å². The van der Waals surface area contributed by atoms with Crippen molar-refractivity contribution in [2.75, 3.05) is 6.61 Å². The van der Waals surface area contributed by atoms with Crippen LogP contribution in [0, 0.1) is 0 Å². The van der Waals surface area contributed by atoms with E-state index in [0.717, 1.165) is 11.3 Å². The fourth-order valence-corrected chi connectivity index (χ4v) is 2.26. The lowest BCUT2D eigenvalue weighted by Crippen LogP contribution is -1.98. The molecule has 5 heteroatoms. The number of rotatable bonds is 4.